The number of nitro groups is 1. The predicted molar refractivity (Wildman–Crippen MR) is 129 cm³/mol. The zero-order valence-electron chi connectivity index (χ0n) is 19.2. The fraction of sp³-hybridized carbons (Fsp3) is 0.333. The number of hydrogen-bond acceptors (Lipinski definition) is 8. The van der Waals surface area contributed by atoms with Crippen molar-refractivity contribution in [3.8, 4) is 5.75 Å². The summed E-state index contributed by atoms with van der Waals surface area (Å²) in [5.41, 5.74) is 1.82. The quantitative estimate of drug-likeness (QED) is 0.354. The first-order valence-electron chi connectivity index (χ1n) is 10.4. The molecule has 1 aliphatic heterocycles. The van der Waals surface area contributed by atoms with Gasteiger partial charge >= 0.3 is 5.97 Å². The van der Waals surface area contributed by atoms with Crippen molar-refractivity contribution in [2.45, 2.75) is 45.1 Å². The molecule has 1 atom stereocenters. The minimum Gasteiger partial charge on any atom is -0.497 e. The number of allylic oxidation sites excluding steroid dienone is 1. The van der Waals surface area contributed by atoms with E-state index in [1.807, 2.05) is 24.3 Å². The Labute approximate surface area is 197 Å². The Morgan fingerprint density at radius 2 is 1.91 bits per heavy atom. The van der Waals surface area contributed by atoms with Gasteiger partial charge in [0, 0.05) is 23.6 Å². The van der Waals surface area contributed by atoms with E-state index in [1.165, 1.54) is 23.9 Å². The number of non-ortho nitro benzene ring substituents is 1. The Balaban J connectivity index is 1.92. The topological polar surface area (TPSA) is 103 Å². The van der Waals surface area contributed by atoms with E-state index in [0.717, 1.165) is 11.3 Å². The maximum atomic E-state index is 13.0. The summed E-state index contributed by atoms with van der Waals surface area (Å²) in [5, 5.41) is 15.1. The molecular weight excluding hydrogens is 442 g/mol. The Hall–Kier alpha value is -3.33. The first-order chi connectivity index (χ1) is 15.6. The summed E-state index contributed by atoms with van der Waals surface area (Å²) in [5.74, 6) is 0.919. The number of nitrogens with zero attached hydrogens (tertiary/aromatic N) is 2. The molecule has 174 valence electrons. The van der Waals surface area contributed by atoms with Crippen LogP contribution in [0.3, 0.4) is 0 Å². The number of aliphatic imine (C=N–C) groups is 1. The highest BCUT2D eigenvalue weighted by Crippen LogP contribution is 2.35. The fourth-order valence-corrected chi connectivity index (χ4v) is 4.14. The number of nitrogens with one attached hydrogen (secondary N) is 1. The van der Waals surface area contributed by atoms with E-state index < -0.39 is 22.5 Å². The third-order valence-electron chi connectivity index (χ3n) is 4.77. The normalized spacial score (nSPS) is 16.0. The van der Waals surface area contributed by atoms with Crippen molar-refractivity contribution < 1.29 is 19.2 Å². The van der Waals surface area contributed by atoms with Crippen LogP contribution in [0.15, 0.2) is 64.8 Å². The maximum Gasteiger partial charge on any atom is 0.338 e. The van der Waals surface area contributed by atoms with Crippen LogP contribution in [0.2, 0.25) is 0 Å². The molecule has 0 fully saturated rings. The zero-order chi connectivity index (χ0) is 24.2. The number of benzene rings is 2. The Bertz CT molecular complexity index is 1100. The summed E-state index contributed by atoms with van der Waals surface area (Å²) in [6.07, 6.45) is 0. The van der Waals surface area contributed by atoms with Crippen molar-refractivity contribution >= 4 is 28.6 Å². The van der Waals surface area contributed by atoms with Crippen LogP contribution in [0.5, 0.6) is 5.75 Å². The number of thioether (sulfide) groups is 1. The highest BCUT2D eigenvalue weighted by atomic mass is 32.2. The first-order valence-corrected chi connectivity index (χ1v) is 11.3. The molecule has 0 aliphatic carbocycles. The summed E-state index contributed by atoms with van der Waals surface area (Å²) in [6, 6.07) is 13.2. The van der Waals surface area contributed by atoms with Crippen molar-refractivity contribution in [3.05, 3.63) is 81.0 Å². The number of carbonyl (C=O) groups excluding carboxylic acids is 1. The van der Waals surface area contributed by atoms with Crippen molar-refractivity contribution in [2.24, 2.45) is 4.99 Å². The number of rotatable bonds is 6. The standard InChI is InChI=1S/C24H27N3O5S/c1-15-20(22(28)32-24(2,3)4)21(17-7-6-8-18(13-17)27(29)30)26-23(25-15)33-14-16-9-11-19(31-5)12-10-16/h6-13,21H,14H2,1-5H3,(H,25,26). The molecular formula is C24H27N3O5S. The van der Waals surface area contributed by atoms with Gasteiger partial charge in [0.1, 0.15) is 17.4 Å². The van der Waals surface area contributed by atoms with Crippen LogP contribution in [0.25, 0.3) is 0 Å². The van der Waals surface area contributed by atoms with Gasteiger partial charge in [-0.25, -0.2) is 9.79 Å². The van der Waals surface area contributed by atoms with E-state index in [0.29, 0.717) is 27.8 Å². The maximum absolute atomic E-state index is 13.0. The van der Waals surface area contributed by atoms with Gasteiger partial charge in [-0.1, -0.05) is 36.0 Å². The SMILES string of the molecule is COc1ccc(CSC2=NC(c3cccc([N+](=O)[O-])c3)C(C(=O)OC(C)(C)C)=C(C)N2)cc1. The number of ether oxygens (including phenoxy) is 2. The lowest BCUT2D eigenvalue weighted by Gasteiger charge is -2.28. The monoisotopic (exact) mass is 469 g/mol. The van der Waals surface area contributed by atoms with Crippen LogP contribution < -0.4 is 10.1 Å². The number of nitro benzene ring substituents is 1. The molecule has 33 heavy (non-hydrogen) atoms. The van der Waals surface area contributed by atoms with E-state index in [4.69, 9.17) is 14.5 Å². The molecule has 1 heterocycles. The predicted octanol–water partition coefficient (Wildman–Crippen LogP) is 5.15. The van der Waals surface area contributed by atoms with Crippen LogP contribution in [-0.2, 0) is 15.3 Å². The van der Waals surface area contributed by atoms with E-state index in [9.17, 15) is 14.9 Å². The molecule has 8 nitrogen and oxygen atoms in total. The Morgan fingerprint density at radius 3 is 2.52 bits per heavy atom. The number of amidine groups is 1. The molecule has 3 rings (SSSR count). The van der Waals surface area contributed by atoms with Gasteiger partial charge in [0.05, 0.1) is 17.6 Å². The lowest BCUT2D eigenvalue weighted by molar-refractivity contribution is -0.384. The average Bonchev–Trinajstić information content (AvgIpc) is 2.76. The van der Waals surface area contributed by atoms with E-state index in [1.54, 1.807) is 46.9 Å². The lowest BCUT2D eigenvalue weighted by atomic mass is 9.96. The number of esters is 1. The van der Waals surface area contributed by atoms with E-state index >= 15 is 0 Å². The zero-order valence-corrected chi connectivity index (χ0v) is 20.1. The summed E-state index contributed by atoms with van der Waals surface area (Å²) in [7, 11) is 1.62. The smallest absolute Gasteiger partial charge is 0.338 e. The van der Waals surface area contributed by atoms with Gasteiger partial charge in [0.2, 0.25) is 0 Å². The highest BCUT2D eigenvalue weighted by Gasteiger charge is 2.33. The first kappa shape index (κ1) is 24.3. The Kier molecular flexibility index (Phi) is 7.43. The minimum atomic E-state index is -0.723. The van der Waals surface area contributed by atoms with Crippen molar-refractivity contribution in [1.29, 1.82) is 0 Å². The van der Waals surface area contributed by atoms with Crippen LogP contribution >= 0.6 is 11.8 Å². The fourth-order valence-electron chi connectivity index (χ4n) is 3.24. The molecule has 0 saturated carbocycles. The lowest BCUT2D eigenvalue weighted by Crippen LogP contribution is -2.33. The number of carbonyl (C=O) groups is 1. The highest BCUT2D eigenvalue weighted by molar-refractivity contribution is 8.13. The molecule has 1 aliphatic rings. The summed E-state index contributed by atoms with van der Waals surface area (Å²) < 4.78 is 10.8. The molecule has 9 heteroatoms. The van der Waals surface area contributed by atoms with E-state index in [-0.39, 0.29) is 5.69 Å². The molecule has 2 aromatic carbocycles. The van der Waals surface area contributed by atoms with Crippen molar-refractivity contribution in [1.82, 2.24) is 5.32 Å². The second kappa shape index (κ2) is 10.1. The molecule has 0 saturated heterocycles. The Morgan fingerprint density at radius 1 is 1.21 bits per heavy atom. The summed E-state index contributed by atoms with van der Waals surface area (Å²) >= 11 is 1.48. The van der Waals surface area contributed by atoms with E-state index in [2.05, 4.69) is 5.32 Å². The molecule has 0 bridgehead atoms. The second-order valence-electron chi connectivity index (χ2n) is 8.49. The van der Waals surface area contributed by atoms with Gasteiger partial charge in [0.25, 0.3) is 5.69 Å². The van der Waals surface area contributed by atoms with Crippen molar-refractivity contribution in [3.63, 3.8) is 0 Å². The van der Waals surface area contributed by atoms with Crippen LogP contribution in [0.4, 0.5) is 5.69 Å². The van der Waals surface area contributed by atoms with Gasteiger partial charge in [-0.05, 0) is 51.0 Å². The van der Waals surface area contributed by atoms with Gasteiger partial charge in [0.15, 0.2) is 5.17 Å². The molecule has 0 radical (unpaired) electrons. The summed E-state index contributed by atoms with van der Waals surface area (Å²) in [4.78, 5) is 28.6. The van der Waals surface area contributed by atoms with Crippen LogP contribution in [-0.4, -0.2) is 28.8 Å². The number of methoxy groups -OCH3 is 1. The van der Waals surface area contributed by atoms with Crippen molar-refractivity contribution in [2.75, 3.05) is 7.11 Å². The minimum absolute atomic E-state index is 0.0603. The molecule has 2 aromatic rings. The second-order valence-corrected chi connectivity index (χ2v) is 9.46. The third-order valence-corrected chi connectivity index (χ3v) is 5.73. The third kappa shape index (κ3) is 6.35. The van der Waals surface area contributed by atoms with Gasteiger partial charge in [-0.3, -0.25) is 10.1 Å². The molecule has 0 amide bonds. The molecule has 1 unspecified atom stereocenters. The average molecular weight is 470 g/mol. The summed E-state index contributed by atoms with van der Waals surface area (Å²) in [6.45, 7) is 7.16. The van der Waals surface area contributed by atoms with Crippen LogP contribution in [0.1, 0.15) is 44.9 Å². The van der Waals surface area contributed by atoms with Gasteiger partial charge < -0.3 is 14.8 Å². The number of hydrogen-bond donors (Lipinski definition) is 1. The van der Waals surface area contributed by atoms with Gasteiger partial charge in [-0.15, -0.1) is 0 Å². The van der Waals surface area contributed by atoms with Crippen LogP contribution in [0, 0.1) is 10.1 Å². The molecule has 1 N–H and O–H groups in total. The van der Waals surface area contributed by atoms with Gasteiger partial charge in [-0.2, -0.15) is 0 Å². The largest absolute Gasteiger partial charge is 0.497 e. The molecule has 0 spiro atoms. The molecule has 0 aromatic heterocycles.